The molecule has 0 bridgehead atoms. The molecule has 0 atom stereocenters. The Balaban J connectivity index is 2.07. The number of hydrogen-bond donors (Lipinski definition) is 3. The van der Waals surface area contributed by atoms with Gasteiger partial charge in [-0.25, -0.2) is 0 Å². The lowest BCUT2D eigenvalue weighted by atomic mass is 10.2. The number of nitrogen functional groups attached to an aromatic ring is 1. The Bertz CT molecular complexity index is 467. The van der Waals surface area contributed by atoms with E-state index in [1.807, 2.05) is 30.3 Å². The zero-order valence-corrected chi connectivity index (χ0v) is 9.50. The highest BCUT2D eigenvalue weighted by atomic mass is 16.3. The van der Waals surface area contributed by atoms with Crippen molar-refractivity contribution < 1.29 is 5.11 Å². The molecule has 4 N–H and O–H groups in total. The summed E-state index contributed by atoms with van der Waals surface area (Å²) in [5.41, 5.74) is 7.57. The maximum absolute atomic E-state index is 8.72. The van der Waals surface area contributed by atoms with E-state index in [4.69, 9.17) is 10.8 Å². The molecule has 1 aromatic heterocycles. The van der Waals surface area contributed by atoms with Crippen LogP contribution in [0, 0.1) is 0 Å². The molecule has 17 heavy (non-hydrogen) atoms. The standard InChI is InChI=1S/C12H16N4O/c13-11-9-16(15-12(11)14-6-7-17)8-10-4-2-1-3-5-10/h1-5,9,17H,6-8,13H2,(H,14,15). The summed E-state index contributed by atoms with van der Waals surface area (Å²) < 4.78 is 1.78. The van der Waals surface area contributed by atoms with Crippen molar-refractivity contribution in [1.82, 2.24) is 9.78 Å². The quantitative estimate of drug-likeness (QED) is 0.716. The molecule has 0 aliphatic rings. The highest BCUT2D eigenvalue weighted by Gasteiger charge is 2.05. The Morgan fingerprint density at radius 3 is 2.76 bits per heavy atom. The van der Waals surface area contributed by atoms with E-state index in [1.54, 1.807) is 10.9 Å². The molecule has 0 aliphatic carbocycles. The molecule has 5 nitrogen and oxygen atoms in total. The number of aliphatic hydroxyl groups excluding tert-OH is 1. The lowest BCUT2D eigenvalue weighted by molar-refractivity contribution is 0.311. The van der Waals surface area contributed by atoms with Gasteiger partial charge in [0.2, 0.25) is 0 Å². The fourth-order valence-corrected chi connectivity index (χ4v) is 1.60. The van der Waals surface area contributed by atoms with Gasteiger partial charge in [-0.15, -0.1) is 0 Å². The summed E-state index contributed by atoms with van der Waals surface area (Å²) in [6.45, 7) is 1.20. The van der Waals surface area contributed by atoms with Crippen molar-refractivity contribution >= 4 is 11.5 Å². The van der Waals surface area contributed by atoms with Crippen LogP contribution in [-0.2, 0) is 6.54 Å². The normalized spacial score (nSPS) is 10.4. The number of hydrogen-bond acceptors (Lipinski definition) is 4. The van der Waals surface area contributed by atoms with E-state index >= 15 is 0 Å². The van der Waals surface area contributed by atoms with Crippen LogP contribution in [0.1, 0.15) is 5.56 Å². The summed E-state index contributed by atoms with van der Waals surface area (Å²) in [5, 5.41) is 16.0. The number of aliphatic hydroxyl groups is 1. The van der Waals surface area contributed by atoms with Crippen molar-refractivity contribution in [1.29, 1.82) is 0 Å². The highest BCUT2D eigenvalue weighted by molar-refractivity contribution is 5.59. The van der Waals surface area contributed by atoms with Gasteiger partial charge in [-0.1, -0.05) is 30.3 Å². The molecular weight excluding hydrogens is 216 g/mol. The molecular formula is C12H16N4O. The summed E-state index contributed by atoms with van der Waals surface area (Å²) in [6, 6.07) is 10.0. The number of aromatic nitrogens is 2. The third-order valence-electron chi connectivity index (χ3n) is 2.38. The van der Waals surface area contributed by atoms with Crippen LogP contribution in [0.25, 0.3) is 0 Å². The van der Waals surface area contributed by atoms with Crippen LogP contribution in [0.3, 0.4) is 0 Å². The molecule has 90 valence electrons. The Labute approximate surface area is 99.9 Å². The molecule has 0 saturated carbocycles. The van der Waals surface area contributed by atoms with Gasteiger partial charge in [0.05, 0.1) is 25.0 Å². The first kappa shape index (κ1) is 11.5. The smallest absolute Gasteiger partial charge is 0.171 e. The number of nitrogens with one attached hydrogen (secondary N) is 1. The zero-order valence-electron chi connectivity index (χ0n) is 9.50. The van der Waals surface area contributed by atoms with Crippen LogP contribution in [0.15, 0.2) is 36.5 Å². The molecule has 0 radical (unpaired) electrons. The van der Waals surface area contributed by atoms with Gasteiger partial charge >= 0.3 is 0 Å². The summed E-state index contributed by atoms with van der Waals surface area (Å²) in [4.78, 5) is 0. The van der Waals surface area contributed by atoms with Gasteiger partial charge < -0.3 is 16.2 Å². The van der Waals surface area contributed by atoms with Crippen LogP contribution in [0.5, 0.6) is 0 Å². The lowest BCUT2D eigenvalue weighted by Crippen LogP contribution is -2.08. The van der Waals surface area contributed by atoms with Crippen molar-refractivity contribution in [2.75, 3.05) is 24.2 Å². The van der Waals surface area contributed by atoms with Gasteiger partial charge in [-0.2, -0.15) is 5.10 Å². The van der Waals surface area contributed by atoms with Crippen molar-refractivity contribution in [2.24, 2.45) is 0 Å². The molecule has 2 aromatic rings. The summed E-state index contributed by atoms with van der Waals surface area (Å²) in [7, 11) is 0. The largest absolute Gasteiger partial charge is 0.395 e. The minimum Gasteiger partial charge on any atom is -0.395 e. The SMILES string of the molecule is Nc1cn(Cc2ccccc2)nc1NCCO. The van der Waals surface area contributed by atoms with E-state index in [-0.39, 0.29) is 6.61 Å². The van der Waals surface area contributed by atoms with Crippen LogP contribution in [0.4, 0.5) is 11.5 Å². The van der Waals surface area contributed by atoms with E-state index in [1.165, 1.54) is 5.56 Å². The molecule has 1 heterocycles. The zero-order chi connectivity index (χ0) is 12.1. The molecule has 0 fully saturated rings. The predicted molar refractivity (Wildman–Crippen MR) is 67.8 cm³/mol. The summed E-state index contributed by atoms with van der Waals surface area (Å²) in [5.74, 6) is 0.620. The molecule has 5 heteroatoms. The average molecular weight is 232 g/mol. The van der Waals surface area contributed by atoms with Crippen molar-refractivity contribution in [3.63, 3.8) is 0 Å². The van der Waals surface area contributed by atoms with Gasteiger partial charge in [0.25, 0.3) is 0 Å². The van der Waals surface area contributed by atoms with Crippen molar-refractivity contribution in [3.8, 4) is 0 Å². The average Bonchev–Trinajstić information content (AvgIpc) is 2.68. The Morgan fingerprint density at radius 2 is 2.06 bits per heavy atom. The van der Waals surface area contributed by atoms with Gasteiger partial charge in [-0.3, -0.25) is 4.68 Å². The number of benzene rings is 1. The molecule has 0 amide bonds. The third kappa shape index (κ3) is 2.98. The van der Waals surface area contributed by atoms with Gasteiger partial charge in [0, 0.05) is 6.54 Å². The fourth-order valence-electron chi connectivity index (χ4n) is 1.60. The molecule has 2 rings (SSSR count). The minimum atomic E-state index is 0.0605. The first-order valence-electron chi connectivity index (χ1n) is 5.51. The third-order valence-corrected chi connectivity index (χ3v) is 2.38. The molecule has 1 aromatic carbocycles. The van der Waals surface area contributed by atoms with Crippen LogP contribution >= 0.6 is 0 Å². The maximum Gasteiger partial charge on any atom is 0.171 e. The monoisotopic (exact) mass is 232 g/mol. The van der Waals surface area contributed by atoms with E-state index in [0.29, 0.717) is 24.6 Å². The molecule has 0 aliphatic heterocycles. The van der Waals surface area contributed by atoms with Gasteiger partial charge in [0.1, 0.15) is 0 Å². The van der Waals surface area contributed by atoms with Crippen molar-refractivity contribution in [2.45, 2.75) is 6.54 Å². The minimum absolute atomic E-state index is 0.0605. The molecule has 0 unspecified atom stereocenters. The van der Waals surface area contributed by atoms with E-state index < -0.39 is 0 Å². The number of rotatable bonds is 5. The van der Waals surface area contributed by atoms with Crippen molar-refractivity contribution in [3.05, 3.63) is 42.1 Å². The highest BCUT2D eigenvalue weighted by Crippen LogP contribution is 2.15. The Hall–Kier alpha value is -2.01. The second-order valence-electron chi connectivity index (χ2n) is 3.77. The van der Waals surface area contributed by atoms with Gasteiger partial charge in [0.15, 0.2) is 5.82 Å². The number of nitrogens with two attached hydrogens (primary N) is 1. The second-order valence-corrected chi connectivity index (χ2v) is 3.77. The Morgan fingerprint density at radius 1 is 1.29 bits per heavy atom. The van der Waals surface area contributed by atoms with Crippen LogP contribution in [0.2, 0.25) is 0 Å². The first-order chi connectivity index (χ1) is 8.29. The predicted octanol–water partition coefficient (Wildman–Crippen LogP) is 0.918. The van der Waals surface area contributed by atoms with Crippen LogP contribution in [-0.4, -0.2) is 28.0 Å². The lowest BCUT2D eigenvalue weighted by Gasteiger charge is -2.01. The van der Waals surface area contributed by atoms with E-state index in [0.717, 1.165) is 0 Å². The van der Waals surface area contributed by atoms with Gasteiger partial charge in [-0.05, 0) is 5.56 Å². The topological polar surface area (TPSA) is 76.1 Å². The number of anilines is 2. The summed E-state index contributed by atoms with van der Waals surface area (Å²) in [6.07, 6.45) is 1.78. The summed E-state index contributed by atoms with van der Waals surface area (Å²) >= 11 is 0. The molecule has 0 spiro atoms. The van der Waals surface area contributed by atoms with E-state index in [2.05, 4.69) is 10.4 Å². The Kier molecular flexibility index (Phi) is 3.62. The molecule has 0 saturated heterocycles. The second kappa shape index (κ2) is 5.36. The van der Waals surface area contributed by atoms with Crippen LogP contribution < -0.4 is 11.1 Å². The maximum atomic E-state index is 8.72. The van der Waals surface area contributed by atoms with E-state index in [9.17, 15) is 0 Å². The number of nitrogens with zero attached hydrogens (tertiary/aromatic N) is 2. The first-order valence-corrected chi connectivity index (χ1v) is 5.51. The fraction of sp³-hybridized carbons (Fsp3) is 0.250.